The fourth-order valence-electron chi connectivity index (χ4n) is 3.49. The van der Waals surface area contributed by atoms with E-state index in [2.05, 4.69) is 0 Å². The van der Waals surface area contributed by atoms with Gasteiger partial charge in [-0.25, -0.2) is 0 Å². The molecule has 0 fully saturated rings. The van der Waals surface area contributed by atoms with Gasteiger partial charge in [0.15, 0.2) is 0 Å². The third kappa shape index (κ3) is 8.30. The van der Waals surface area contributed by atoms with E-state index < -0.39 is 22.2 Å². The summed E-state index contributed by atoms with van der Waals surface area (Å²) in [6.45, 7) is 0. The summed E-state index contributed by atoms with van der Waals surface area (Å²) in [5.41, 5.74) is 5.33. The summed E-state index contributed by atoms with van der Waals surface area (Å²) in [4.78, 5) is 0.545. The molecule has 0 saturated carbocycles. The van der Waals surface area contributed by atoms with Crippen LogP contribution in [-0.2, 0) is 22.2 Å². The van der Waals surface area contributed by atoms with Gasteiger partial charge in [0.2, 0.25) is 0 Å². The average Bonchev–Trinajstić information content (AvgIpc) is 2.87. The molecule has 2 atom stereocenters. The summed E-state index contributed by atoms with van der Waals surface area (Å²) in [5, 5.41) is 0. The minimum atomic E-state index is -2.28. The maximum Gasteiger partial charge on any atom is 1.00 e. The number of hydrogen-bond acceptors (Lipinski definition) is 4. The van der Waals surface area contributed by atoms with Crippen LogP contribution in [0.2, 0.25) is 0 Å². The van der Waals surface area contributed by atoms with Crippen molar-refractivity contribution in [3.05, 3.63) is 119 Å². The van der Waals surface area contributed by atoms with Crippen molar-refractivity contribution >= 4 is 46.5 Å². The number of hydrogen-bond donors (Lipinski definition) is 0. The van der Waals surface area contributed by atoms with Gasteiger partial charge in [-0.2, -0.15) is 0 Å². The first-order valence-electron chi connectivity index (χ1n) is 10.4. The smallest absolute Gasteiger partial charge is 1.00 e. The quantitative estimate of drug-likeness (QED) is 0.196. The molecule has 0 N–H and O–H groups in total. The molecule has 4 rings (SSSR count). The Morgan fingerprint density at radius 2 is 0.833 bits per heavy atom. The molecule has 0 aliphatic rings. The van der Waals surface area contributed by atoms with E-state index in [0.717, 1.165) is 22.3 Å². The van der Waals surface area contributed by atoms with Crippen LogP contribution in [0.25, 0.3) is 35.4 Å². The number of benzene rings is 4. The first kappa shape index (κ1) is 30.8. The van der Waals surface area contributed by atoms with Gasteiger partial charge in [0.1, 0.15) is 0 Å². The van der Waals surface area contributed by atoms with Gasteiger partial charge in [0.05, 0.1) is 0 Å². The van der Waals surface area contributed by atoms with E-state index in [1.165, 1.54) is 0 Å². The zero-order valence-corrected chi connectivity index (χ0v) is 25.6. The van der Waals surface area contributed by atoms with Gasteiger partial charge in [0, 0.05) is 9.79 Å². The normalized spacial score (nSPS) is 12.6. The van der Waals surface area contributed by atoms with Crippen LogP contribution >= 0.6 is 0 Å². The van der Waals surface area contributed by atoms with E-state index in [4.69, 9.17) is 0 Å². The van der Waals surface area contributed by atoms with Gasteiger partial charge >= 0.3 is 59.1 Å². The van der Waals surface area contributed by atoms with Gasteiger partial charge in [0.25, 0.3) is 0 Å². The second kappa shape index (κ2) is 15.1. The van der Waals surface area contributed by atoms with Crippen LogP contribution < -0.4 is 59.1 Å². The molecule has 2 unspecified atom stereocenters. The second-order valence-corrected chi connectivity index (χ2v) is 9.27. The Hall–Kier alpha value is -1.42. The molecular weight excluding hydrogens is 510 g/mol. The minimum absolute atomic E-state index is 0. The molecule has 0 aliphatic carbocycles. The zero-order valence-electron chi connectivity index (χ0n) is 22.0. The zero-order chi connectivity index (χ0) is 23.9. The maximum atomic E-state index is 11.4. The molecule has 0 amide bonds. The van der Waals surface area contributed by atoms with Crippen LogP contribution in [0.3, 0.4) is 0 Å². The first-order valence-corrected chi connectivity index (χ1v) is 12.6. The van der Waals surface area contributed by atoms with Gasteiger partial charge in [-0.15, -0.1) is 0 Å². The molecule has 4 aromatic rings. The molecule has 0 heterocycles. The Morgan fingerprint density at radius 3 is 1.17 bits per heavy atom. The monoisotopic (exact) mass is 532 g/mol. The minimum Gasteiger partial charge on any atom is -1.00 e. The van der Waals surface area contributed by atoms with E-state index in [-0.39, 0.29) is 71.8 Å². The van der Waals surface area contributed by atoms with Crippen molar-refractivity contribution in [3.8, 4) is 11.1 Å². The standard InChI is InChI=1S/C28H22O4S2.2Na.2H/c29-33(30)27-7-3-1-5-25(27)19-13-21-9-15-23(16-10-21)24-17-11-22(12-18-24)14-20-26-6-2-4-8-28(26)34(31)32;;;;/h1-20H,(H,29,30)(H,31,32);;;;/q;2*+1;2*-1/p-2. The van der Waals surface area contributed by atoms with Crippen molar-refractivity contribution in [1.82, 2.24) is 0 Å². The molecule has 4 aromatic carbocycles. The molecular formula is C28H22Na2O4S2-2. The molecule has 0 aromatic heterocycles. The summed E-state index contributed by atoms with van der Waals surface area (Å²) in [6, 6.07) is 29.7. The van der Waals surface area contributed by atoms with Gasteiger partial charge in [-0.3, -0.25) is 8.42 Å². The van der Waals surface area contributed by atoms with Crippen molar-refractivity contribution in [1.29, 1.82) is 0 Å². The first-order chi connectivity index (χ1) is 16.5. The SMILES string of the molecule is O=S([O-])c1ccccc1C=Cc1ccc(-c2ccc(C=Cc3ccccc3S(=O)[O-])cc2)cc1.[H-].[H-].[Na+].[Na+]. The topological polar surface area (TPSA) is 80.3 Å². The van der Waals surface area contributed by atoms with Crippen LogP contribution in [0.4, 0.5) is 0 Å². The third-order valence-electron chi connectivity index (χ3n) is 5.26. The van der Waals surface area contributed by atoms with Gasteiger partial charge in [-0.1, -0.05) is 109 Å². The van der Waals surface area contributed by atoms with E-state index in [1.807, 2.05) is 72.8 Å². The third-order valence-corrected chi connectivity index (χ3v) is 6.72. The van der Waals surface area contributed by atoms with Crippen LogP contribution in [0.15, 0.2) is 107 Å². The molecule has 4 nitrogen and oxygen atoms in total. The molecule has 0 spiro atoms. The van der Waals surface area contributed by atoms with Crippen LogP contribution in [0.1, 0.15) is 25.1 Å². The average molecular weight is 533 g/mol. The molecule has 36 heavy (non-hydrogen) atoms. The Balaban J connectivity index is 0.00000342. The van der Waals surface area contributed by atoms with E-state index in [1.54, 1.807) is 48.6 Å². The molecule has 0 aliphatic heterocycles. The van der Waals surface area contributed by atoms with Crippen molar-refractivity contribution in [2.45, 2.75) is 9.79 Å². The van der Waals surface area contributed by atoms with Crippen molar-refractivity contribution in [3.63, 3.8) is 0 Å². The molecule has 0 radical (unpaired) electrons. The van der Waals surface area contributed by atoms with Gasteiger partial charge < -0.3 is 12.0 Å². The molecule has 8 heteroatoms. The van der Waals surface area contributed by atoms with Crippen LogP contribution in [0.5, 0.6) is 0 Å². The summed E-state index contributed by atoms with van der Waals surface area (Å²) in [6.07, 6.45) is 7.36. The van der Waals surface area contributed by atoms with Gasteiger partial charge in [-0.05, 0) is 67.7 Å². The van der Waals surface area contributed by atoms with Crippen LogP contribution in [-0.4, -0.2) is 17.5 Å². The summed E-state index contributed by atoms with van der Waals surface area (Å²) in [7, 11) is 0. The van der Waals surface area contributed by atoms with Crippen molar-refractivity contribution < 1.29 is 79.5 Å². The predicted molar refractivity (Wildman–Crippen MR) is 139 cm³/mol. The largest absolute Gasteiger partial charge is 1.00 e. The fraction of sp³-hybridized carbons (Fsp3) is 0. The maximum absolute atomic E-state index is 11.4. The summed E-state index contributed by atoms with van der Waals surface area (Å²) < 4.78 is 45.4. The van der Waals surface area contributed by atoms with E-state index >= 15 is 0 Å². The van der Waals surface area contributed by atoms with Crippen molar-refractivity contribution in [2.75, 3.05) is 0 Å². The number of rotatable bonds is 7. The fourth-order valence-corrected chi connectivity index (χ4v) is 4.52. The predicted octanol–water partition coefficient (Wildman–Crippen LogP) is 0.403. The molecule has 174 valence electrons. The van der Waals surface area contributed by atoms with E-state index in [0.29, 0.717) is 11.1 Å². The summed E-state index contributed by atoms with van der Waals surface area (Å²) in [5.74, 6) is 0. The molecule has 0 bridgehead atoms. The van der Waals surface area contributed by atoms with Crippen LogP contribution in [0, 0.1) is 0 Å². The Kier molecular flexibility index (Phi) is 12.9. The Morgan fingerprint density at radius 1 is 0.500 bits per heavy atom. The Labute approximate surface area is 263 Å². The Bertz CT molecular complexity index is 1300. The summed E-state index contributed by atoms with van der Waals surface area (Å²) >= 11 is -4.56. The van der Waals surface area contributed by atoms with E-state index in [9.17, 15) is 17.5 Å². The second-order valence-electron chi connectivity index (χ2n) is 7.46. The molecule has 0 saturated heterocycles. The van der Waals surface area contributed by atoms with Crippen molar-refractivity contribution in [2.24, 2.45) is 0 Å².